The zero-order valence-corrected chi connectivity index (χ0v) is 20.4. The SMILES string of the molecule is CCNC(=NCc1cccc(-c2ncn[nH]2)c1)NCc1ccc(COCC(F)(F)F)cc1.I. The van der Waals surface area contributed by atoms with Crippen LogP contribution in [0.1, 0.15) is 23.6 Å². The third-order valence-corrected chi connectivity index (χ3v) is 4.40. The second-order valence-electron chi connectivity index (χ2n) is 7.01. The molecule has 0 atom stereocenters. The Bertz CT molecular complexity index is 994. The van der Waals surface area contributed by atoms with Crippen LogP contribution in [0, 0.1) is 0 Å². The molecule has 0 saturated heterocycles. The van der Waals surface area contributed by atoms with E-state index in [0.717, 1.165) is 16.7 Å². The van der Waals surface area contributed by atoms with Crippen LogP contribution < -0.4 is 10.6 Å². The Morgan fingerprint density at radius 3 is 2.48 bits per heavy atom. The highest BCUT2D eigenvalue weighted by Crippen LogP contribution is 2.17. The topological polar surface area (TPSA) is 87.2 Å². The molecule has 1 aromatic heterocycles. The highest BCUT2D eigenvalue weighted by atomic mass is 127. The standard InChI is InChI=1S/C22H25F3N6O.HI/c1-2-26-21(28-12-18-4-3-5-19(10-18)20-29-15-30-31-20)27-11-16-6-8-17(9-7-16)13-32-14-22(23,24)25;/h3-10,15H,2,11-14H2,1H3,(H2,26,27,28)(H,29,30,31);1H. The predicted octanol–water partition coefficient (Wildman–Crippen LogP) is 4.42. The number of H-pyrrole nitrogens is 1. The Kier molecular flexibility index (Phi) is 10.6. The average molecular weight is 574 g/mol. The molecule has 0 amide bonds. The van der Waals surface area contributed by atoms with E-state index in [1.807, 2.05) is 43.3 Å². The Labute approximate surface area is 207 Å². The molecular formula is C22H26F3IN6O. The van der Waals surface area contributed by atoms with Gasteiger partial charge in [0.25, 0.3) is 0 Å². The molecule has 7 nitrogen and oxygen atoms in total. The number of alkyl halides is 3. The Balaban J connectivity index is 0.00000385. The molecule has 0 saturated carbocycles. The first-order chi connectivity index (χ1) is 15.4. The van der Waals surface area contributed by atoms with Gasteiger partial charge in [0.05, 0.1) is 13.2 Å². The van der Waals surface area contributed by atoms with Gasteiger partial charge in [0.1, 0.15) is 12.9 Å². The van der Waals surface area contributed by atoms with E-state index in [0.29, 0.717) is 37.0 Å². The van der Waals surface area contributed by atoms with Gasteiger partial charge >= 0.3 is 6.18 Å². The molecule has 3 N–H and O–H groups in total. The lowest BCUT2D eigenvalue weighted by atomic mass is 10.1. The van der Waals surface area contributed by atoms with E-state index in [4.69, 9.17) is 0 Å². The molecule has 178 valence electrons. The van der Waals surface area contributed by atoms with Crippen molar-refractivity contribution in [1.29, 1.82) is 0 Å². The lowest BCUT2D eigenvalue weighted by Crippen LogP contribution is -2.36. The number of rotatable bonds is 9. The summed E-state index contributed by atoms with van der Waals surface area (Å²) in [6.45, 7) is 2.36. The largest absolute Gasteiger partial charge is 0.411 e. The molecule has 33 heavy (non-hydrogen) atoms. The fraction of sp³-hybridized carbons (Fsp3) is 0.318. The molecule has 11 heteroatoms. The van der Waals surface area contributed by atoms with Crippen LogP contribution in [0.25, 0.3) is 11.4 Å². The van der Waals surface area contributed by atoms with Crippen molar-refractivity contribution in [3.8, 4) is 11.4 Å². The quantitative estimate of drug-likeness (QED) is 0.200. The van der Waals surface area contributed by atoms with Crippen LogP contribution in [0.2, 0.25) is 0 Å². The Morgan fingerprint density at radius 2 is 1.82 bits per heavy atom. The number of nitrogens with one attached hydrogen (secondary N) is 3. The molecule has 3 aromatic rings. The number of hydrogen-bond acceptors (Lipinski definition) is 4. The molecule has 0 aliphatic rings. The number of hydrogen-bond donors (Lipinski definition) is 3. The van der Waals surface area contributed by atoms with Crippen molar-refractivity contribution in [3.05, 3.63) is 71.5 Å². The van der Waals surface area contributed by atoms with Crippen molar-refractivity contribution < 1.29 is 17.9 Å². The number of ether oxygens (including phenoxy) is 1. The number of aliphatic imine (C=N–C) groups is 1. The average Bonchev–Trinajstić information content (AvgIpc) is 3.31. The maximum Gasteiger partial charge on any atom is 0.411 e. The molecule has 0 fully saturated rings. The van der Waals surface area contributed by atoms with E-state index in [1.54, 1.807) is 12.1 Å². The van der Waals surface area contributed by atoms with Gasteiger partial charge in [-0.2, -0.15) is 18.3 Å². The fourth-order valence-corrected chi connectivity index (χ4v) is 2.90. The van der Waals surface area contributed by atoms with E-state index in [-0.39, 0.29) is 30.6 Å². The van der Waals surface area contributed by atoms with Crippen molar-refractivity contribution in [2.45, 2.75) is 32.8 Å². The lowest BCUT2D eigenvalue weighted by Gasteiger charge is -2.12. The minimum atomic E-state index is -4.32. The first-order valence-electron chi connectivity index (χ1n) is 10.1. The van der Waals surface area contributed by atoms with E-state index >= 15 is 0 Å². The molecule has 0 spiro atoms. The number of aromatic amines is 1. The zero-order chi connectivity index (χ0) is 22.8. The molecule has 2 aromatic carbocycles. The first kappa shape index (κ1) is 26.6. The summed E-state index contributed by atoms with van der Waals surface area (Å²) in [6.07, 6.45) is -2.85. The van der Waals surface area contributed by atoms with Gasteiger partial charge < -0.3 is 15.4 Å². The summed E-state index contributed by atoms with van der Waals surface area (Å²) in [6, 6.07) is 15.1. The van der Waals surface area contributed by atoms with Crippen LogP contribution in [0.15, 0.2) is 59.9 Å². The van der Waals surface area contributed by atoms with Crippen LogP contribution in [-0.2, 0) is 24.4 Å². The molecule has 0 unspecified atom stereocenters. The number of nitrogens with zero attached hydrogens (tertiary/aromatic N) is 3. The lowest BCUT2D eigenvalue weighted by molar-refractivity contribution is -0.176. The normalized spacial score (nSPS) is 11.7. The van der Waals surface area contributed by atoms with Crippen molar-refractivity contribution in [3.63, 3.8) is 0 Å². The number of benzene rings is 2. The van der Waals surface area contributed by atoms with E-state index < -0.39 is 12.8 Å². The third kappa shape index (κ3) is 9.38. The van der Waals surface area contributed by atoms with Crippen LogP contribution in [0.5, 0.6) is 0 Å². The fourth-order valence-electron chi connectivity index (χ4n) is 2.90. The van der Waals surface area contributed by atoms with Crippen LogP contribution in [0.3, 0.4) is 0 Å². The summed E-state index contributed by atoms with van der Waals surface area (Å²) in [5.74, 6) is 1.36. The van der Waals surface area contributed by atoms with E-state index in [9.17, 15) is 13.2 Å². The highest BCUT2D eigenvalue weighted by molar-refractivity contribution is 14.0. The summed E-state index contributed by atoms with van der Waals surface area (Å²) >= 11 is 0. The van der Waals surface area contributed by atoms with E-state index in [2.05, 4.69) is 35.5 Å². The molecule has 0 aliphatic carbocycles. The van der Waals surface area contributed by atoms with Crippen molar-refractivity contribution >= 4 is 29.9 Å². The van der Waals surface area contributed by atoms with Crippen LogP contribution in [0.4, 0.5) is 13.2 Å². The van der Waals surface area contributed by atoms with Crippen LogP contribution >= 0.6 is 24.0 Å². The Hall–Kier alpha value is -2.67. The molecular weight excluding hydrogens is 548 g/mol. The minimum Gasteiger partial charge on any atom is -0.367 e. The predicted molar refractivity (Wildman–Crippen MR) is 131 cm³/mol. The smallest absolute Gasteiger partial charge is 0.367 e. The van der Waals surface area contributed by atoms with Crippen molar-refractivity contribution in [1.82, 2.24) is 25.8 Å². The van der Waals surface area contributed by atoms with Gasteiger partial charge in [-0.15, -0.1) is 24.0 Å². The van der Waals surface area contributed by atoms with Gasteiger partial charge in [-0.25, -0.2) is 9.98 Å². The molecule has 1 heterocycles. The number of aromatic nitrogens is 3. The summed E-state index contributed by atoms with van der Waals surface area (Å²) in [4.78, 5) is 8.79. The van der Waals surface area contributed by atoms with E-state index in [1.165, 1.54) is 6.33 Å². The first-order valence-corrected chi connectivity index (χ1v) is 10.1. The van der Waals surface area contributed by atoms with Gasteiger partial charge in [0.2, 0.25) is 0 Å². The summed E-state index contributed by atoms with van der Waals surface area (Å²) < 4.78 is 41.2. The van der Waals surface area contributed by atoms with Gasteiger partial charge in [0, 0.05) is 18.7 Å². The number of guanidine groups is 1. The molecule has 0 aliphatic heterocycles. The number of halogens is 4. The highest BCUT2D eigenvalue weighted by Gasteiger charge is 2.27. The summed E-state index contributed by atoms with van der Waals surface area (Å²) in [5, 5.41) is 13.2. The maximum absolute atomic E-state index is 12.2. The summed E-state index contributed by atoms with van der Waals surface area (Å²) in [7, 11) is 0. The molecule has 0 bridgehead atoms. The second-order valence-corrected chi connectivity index (χ2v) is 7.01. The van der Waals surface area contributed by atoms with Gasteiger partial charge in [-0.1, -0.05) is 42.5 Å². The van der Waals surface area contributed by atoms with Gasteiger partial charge in [-0.05, 0) is 29.7 Å². The van der Waals surface area contributed by atoms with Gasteiger partial charge in [0.15, 0.2) is 11.8 Å². The molecule has 3 rings (SSSR count). The monoisotopic (exact) mass is 574 g/mol. The van der Waals surface area contributed by atoms with Gasteiger partial charge in [-0.3, -0.25) is 5.10 Å². The third-order valence-electron chi connectivity index (χ3n) is 4.40. The minimum absolute atomic E-state index is 0. The second kappa shape index (κ2) is 13.1. The Morgan fingerprint density at radius 1 is 1.06 bits per heavy atom. The van der Waals surface area contributed by atoms with Crippen molar-refractivity contribution in [2.24, 2.45) is 4.99 Å². The van der Waals surface area contributed by atoms with Crippen molar-refractivity contribution in [2.75, 3.05) is 13.2 Å². The maximum atomic E-state index is 12.2. The van der Waals surface area contributed by atoms with Crippen LogP contribution in [-0.4, -0.2) is 40.5 Å². The zero-order valence-electron chi connectivity index (χ0n) is 18.0. The molecule has 0 radical (unpaired) electrons. The summed E-state index contributed by atoms with van der Waals surface area (Å²) in [5.41, 5.74) is 3.62.